The van der Waals surface area contributed by atoms with E-state index in [2.05, 4.69) is 45.1 Å². The van der Waals surface area contributed by atoms with Gasteiger partial charge in [0.15, 0.2) is 5.82 Å². The maximum atomic E-state index is 9.59. The highest BCUT2D eigenvalue weighted by Crippen LogP contribution is 2.28. The van der Waals surface area contributed by atoms with E-state index in [4.69, 9.17) is 0 Å². The summed E-state index contributed by atoms with van der Waals surface area (Å²) in [6.07, 6.45) is 1.84. The predicted molar refractivity (Wildman–Crippen MR) is 85.0 cm³/mol. The lowest BCUT2D eigenvalue weighted by Gasteiger charge is -2.12. The second-order valence-electron chi connectivity index (χ2n) is 4.49. The largest absolute Gasteiger partial charge is 0.508 e. The van der Waals surface area contributed by atoms with Crippen LogP contribution in [0.25, 0.3) is 11.4 Å². The first-order chi connectivity index (χ1) is 9.65. The average Bonchev–Trinajstić information content (AvgIpc) is 2.46. The molecule has 4 nitrogen and oxygen atoms in total. The van der Waals surface area contributed by atoms with Gasteiger partial charge in [0.25, 0.3) is 0 Å². The number of hydrogen-bond acceptors (Lipinski definition) is 4. The van der Waals surface area contributed by atoms with Gasteiger partial charge in [-0.2, -0.15) is 0 Å². The Labute approximate surface area is 127 Å². The zero-order valence-corrected chi connectivity index (χ0v) is 13.2. The molecule has 5 heteroatoms. The number of anilines is 1. The molecule has 1 heterocycles. The van der Waals surface area contributed by atoms with Gasteiger partial charge in [0, 0.05) is 12.1 Å². The summed E-state index contributed by atoms with van der Waals surface area (Å²) in [7, 11) is 0. The molecule has 20 heavy (non-hydrogen) atoms. The number of halogens is 1. The van der Waals surface area contributed by atoms with Crippen molar-refractivity contribution in [2.24, 2.45) is 0 Å². The number of phenols is 1. The van der Waals surface area contributed by atoms with Gasteiger partial charge in [0.2, 0.25) is 0 Å². The standard InChI is InChI=1S/C15H18BrN3O/c1-3-8-17-15-13(16)12(4-2)18-14(19-15)10-6-5-7-11(20)9-10/h5-7,9,20H,3-4,8H2,1-2H3,(H,17,18,19). The quantitative estimate of drug-likeness (QED) is 0.867. The van der Waals surface area contributed by atoms with E-state index in [1.54, 1.807) is 18.2 Å². The van der Waals surface area contributed by atoms with E-state index in [0.29, 0.717) is 5.82 Å². The van der Waals surface area contributed by atoms with Crippen LogP contribution in [0.4, 0.5) is 5.82 Å². The van der Waals surface area contributed by atoms with Gasteiger partial charge in [-0.3, -0.25) is 0 Å². The van der Waals surface area contributed by atoms with Crippen LogP contribution in [0.2, 0.25) is 0 Å². The third-order valence-corrected chi connectivity index (χ3v) is 3.73. The lowest BCUT2D eigenvalue weighted by Crippen LogP contribution is -2.07. The van der Waals surface area contributed by atoms with Crippen LogP contribution in [0.15, 0.2) is 28.7 Å². The van der Waals surface area contributed by atoms with Crippen molar-refractivity contribution in [2.45, 2.75) is 26.7 Å². The maximum Gasteiger partial charge on any atom is 0.161 e. The van der Waals surface area contributed by atoms with Gasteiger partial charge in [0.05, 0.1) is 10.2 Å². The lowest BCUT2D eigenvalue weighted by atomic mass is 10.2. The van der Waals surface area contributed by atoms with Crippen LogP contribution in [0.3, 0.4) is 0 Å². The zero-order chi connectivity index (χ0) is 14.5. The van der Waals surface area contributed by atoms with Gasteiger partial charge in [-0.1, -0.05) is 26.0 Å². The second kappa shape index (κ2) is 6.70. The first-order valence-electron chi connectivity index (χ1n) is 6.75. The molecule has 0 saturated carbocycles. The summed E-state index contributed by atoms with van der Waals surface area (Å²) in [6.45, 7) is 5.03. The van der Waals surface area contributed by atoms with Crippen LogP contribution in [0, 0.1) is 0 Å². The molecule has 2 aromatic rings. The third-order valence-electron chi connectivity index (χ3n) is 2.90. The van der Waals surface area contributed by atoms with E-state index in [0.717, 1.165) is 40.9 Å². The number of nitrogens with one attached hydrogen (secondary N) is 1. The average molecular weight is 336 g/mol. The van der Waals surface area contributed by atoms with E-state index in [-0.39, 0.29) is 5.75 Å². The molecule has 0 spiro atoms. The zero-order valence-electron chi connectivity index (χ0n) is 11.7. The van der Waals surface area contributed by atoms with Crippen LogP contribution < -0.4 is 5.32 Å². The Hall–Kier alpha value is -1.62. The van der Waals surface area contributed by atoms with Crippen LogP contribution in [0.1, 0.15) is 26.0 Å². The Morgan fingerprint density at radius 2 is 2.05 bits per heavy atom. The number of aromatic nitrogens is 2. The number of nitrogens with zero attached hydrogens (tertiary/aromatic N) is 2. The highest BCUT2D eigenvalue weighted by Gasteiger charge is 2.12. The van der Waals surface area contributed by atoms with Crippen molar-refractivity contribution in [1.29, 1.82) is 0 Å². The molecule has 0 aliphatic rings. The number of aryl methyl sites for hydroxylation is 1. The molecular weight excluding hydrogens is 318 g/mol. The Bertz CT molecular complexity index is 602. The van der Waals surface area contributed by atoms with E-state index in [1.165, 1.54) is 0 Å². The Morgan fingerprint density at radius 3 is 2.70 bits per heavy atom. The van der Waals surface area contributed by atoms with Crippen molar-refractivity contribution < 1.29 is 5.11 Å². The van der Waals surface area contributed by atoms with Crippen molar-refractivity contribution in [3.05, 3.63) is 34.4 Å². The predicted octanol–water partition coefficient (Wildman–Crippen LogP) is 4.00. The summed E-state index contributed by atoms with van der Waals surface area (Å²) in [4.78, 5) is 9.11. The fraction of sp³-hybridized carbons (Fsp3) is 0.333. The summed E-state index contributed by atoms with van der Waals surface area (Å²) in [5.74, 6) is 1.65. The first-order valence-corrected chi connectivity index (χ1v) is 7.54. The van der Waals surface area contributed by atoms with Gasteiger partial charge in [-0.25, -0.2) is 9.97 Å². The molecule has 1 aromatic heterocycles. The van der Waals surface area contributed by atoms with Crippen molar-refractivity contribution in [3.8, 4) is 17.1 Å². The summed E-state index contributed by atoms with van der Waals surface area (Å²) in [5, 5.41) is 12.9. The molecule has 0 amide bonds. The van der Waals surface area contributed by atoms with E-state index in [9.17, 15) is 5.11 Å². The maximum absolute atomic E-state index is 9.59. The highest BCUT2D eigenvalue weighted by molar-refractivity contribution is 9.10. The van der Waals surface area contributed by atoms with Crippen molar-refractivity contribution in [1.82, 2.24) is 9.97 Å². The van der Waals surface area contributed by atoms with Crippen molar-refractivity contribution in [2.75, 3.05) is 11.9 Å². The van der Waals surface area contributed by atoms with Gasteiger partial charge in [0.1, 0.15) is 11.6 Å². The molecule has 2 rings (SSSR count). The highest BCUT2D eigenvalue weighted by atomic mass is 79.9. The normalized spacial score (nSPS) is 10.6. The molecule has 0 aliphatic carbocycles. The number of phenolic OH excluding ortho intramolecular Hbond substituents is 1. The van der Waals surface area contributed by atoms with Gasteiger partial charge in [-0.15, -0.1) is 0 Å². The van der Waals surface area contributed by atoms with Crippen molar-refractivity contribution in [3.63, 3.8) is 0 Å². The number of rotatable bonds is 5. The first kappa shape index (κ1) is 14.8. The molecule has 0 saturated heterocycles. The molecule has 106 valence electrons. The molecular formula is C15H18BrN3O. The fourth-order valence-electron chi connectivity index (χ4n) is 1.86. The molecule has 0 atom stereocenters. The number of hydrogen-bond donors (Lipinski definition) is 2. The second-order valence-corrected chi connectivity index (χ2v) is 5.28. The molecule has 0 radical (unpaired) electrons. The summed E-state index contributed by atoms with van der Waals surface area (Å²) in [6, 6.07) is 7.00. The molecule has 0 unspecified atom stereocenters. The van der Waals surface area contributed by atoms with E-state index < -0.39 is 0 Å². The lowest BCUT2D eigenvalue weighted by molar-refractivity contribution is 0.475. The smallest absolute Gasteiger partial charge is 0.161 e. The van der Waals surface area contributed by atoms with Gasteiger partial charge >= 0.3 is 0 Å². The van der Waals surface area contributed by atoms with Gasteiger partial charge in [-0.05, 0) is 40.9 Å². The van der Waals surface area contributed by atoms with Crippen LogP contribution in [-0.4, -0.2) is 21.6 Å². The Morgan fingerprint density at radius 1 is 1.25 bits per heavy atom. The molecule has 0 bridgehead atoms. The SMILES string of the molecule is CCCNc1nc(-c2cccc(O)c2)nc(CC)c1Br. The summed E-state index contributed by atoms with van der Waals surface area (Å²) >= 11 is 3.56. The monoisotopic (exact) mass is 335 g/mol. The minimum atomic E-state index is 0.218. The number of benzene rings is 1. The Balaban J connectivity index is 2.48. The minimum absolute atomic E-state index is 0.218. The minimum Gasteiger partial charge on any atom is -0.508 e. The fourth-order valence-corrected chi connectivity index (χ4v) is 2.46. The van der Waals surface area contributed by atoms with Crippen molar-refractivity contribution >= 4 is 21.7 Å². The topological polar surface area (TPSA) is 58.0 Å². The molecule has 1 aromatic carbocycles. The molecule has 0 fully saturated rings. The van der Waals surface area contributed by atoms with Crippen LogP contribution in [-0.2, 0) is 6.42 Å². The number of aromatic hydroxyl groups is 1. The van der Waals surface area contributed by atoms with Crippen LogP contribution >= 0.6 is 15.9 Å². The Kier molecular flexibility index (Phi) is 4.95. The van der Waals surface area contributed by atoms with Crippen LogP contribution in [0.5, 0.6) is 5.75 Å². The molecule has 0 aliphatic heterocycles. The summed E-state index contributed by atoms with van der Waals surface area (Å²) in [5.41, 5.74) is 1.77. The van der Waals surface area contributed by atoms with E-state index in [1.807, 2.05) is 6.07 Å². The molecule has 2 N–H and O–H groups in total. The van der Waals surface area contributed by atoms with Gasteiger partial charge < -0.3 is 10.4 Å². The van der Waals surface area contributed by atoms with E-state index >= 15 is 0 Å². The summed E-state index contributed by atoms with van der Waals surface area (Å²) < 4.78 is 0.914. The third kappa shape index (κ3) is 3.28.